The first kappa shape index (κ1) is 8.27. The van der Waals surface area contributed by atoms with Gasteiger partial charge in [0.1, 0.15) is 0 Å². The van der Waals surface area contributed by atoms with Crippen molar-refractivity contribution in [1.29, 1.82) is 0 Å². The molecule has 1 rings (SSSR count). The van der Waals surface area contributed by atoms with Crippen LogP contribution in [0.15, 0.2) is 6.07 Å². The van der Waals surface area contributed by atoms with E-state index in [1.807, 2.05) is 7.05 Å². The minimum absolute atomic E-state index is 0.621. The molecule has 0 unspecified atom stereocenters. The SMILES string of the molecule is COC[n+]1c(C)cc(C)n1C. The summed E-state index contributed by atoms with van der Waals surface area (Å²) in [5, 5.41) is 0. The molecule has 0 aliphatic heterocycles. The van der Waals surface area contributed by atoms with Gasteiger partial charge in [-0.05, 0) is 6.92 Å². The van der Waals surface area contributed by atoms with Crippen molar-refractivity contribution in [2.45, 2.75) is 20.6 Å². The molecule has 0 saturated carbocycles. The highest BCUT2D eigenvalue weighted by molar-refractivity contribution is 5.00. The van der Waals surface area contributed by atoms with Crippen LogP contribution < -0.4 is 4.68 Å². The minimum atomic E-state index is 0.621. The van der Waals surface area contributed by atoms with Crippen molar-refractivity contribution in [2.75, 3.05) is 7.11 Å². The zero-order valence-electron chi connectivity index (χ0n) is 7.59. The van der Waals surface area contributed by atoms with Crippen LogP contribution in [0, 0.1) is 13.8 Å². The molecule has 0 fully saturated rings. The molecule has 0 aromatic carbocycles. The van der Waals surface area contributed by atoms with Crippen molar-refractivity contribution in [3.8, 4) is 0 Å². The number of nitrogens with zero attached hydrogens (tertiary/aromatic N) is 2. The number of ether oxygens (including phenoxy) is 1. The van der Waals surface area contributed by atoms with Crippen LogP contribution >= 0.6 is 0 Å². The van der Waals surface area contributed by atoms with Crippen molar-refractivity contribution in [3.05, 3.63) is 17.5 Å². The molecule has 1 aromatic rings. The molecule has 0 N–H and O–H groups in total. The van der Waals surface area contributed by atoms with E-state index in [1.165, 1.54) is 11.4 Å². The Kier molecular flexibility index (Phi) is 2.29. The van der Waals surface area contributed by atoms with Crippen LogP contribution in [-0.4, -0.2) is 11.8 Å². The normalized spacial score (nSPS) is 10.5. The van der Waals surface area contributed by atoms with Gasteiger partial charge < -0.3 is 4.74 Å². The van der Waals surface area contributed by atoms with Gasteiger partial charge in [-0.1, -0.05) is 4.68 Å². The Hall–Kier alpha value is -0.830. The number of aromatic nitrogens is 2. The molecular formula is C8H15N2O+. The third-order valence-electron chi connectivity index (χ3n) is 1.95. The third-order valence-corrected chi connectivity index (χ3v) is 1.95. The topological polar surface area (TPSA) is 18.0 Å². The molecule has 0 radical (unpaired) electrons. The molecule has 0 aliphatic carbocycles. The van der Waals surface area contributed by atoms with E-state index in [4.69, 9.17) is 4.74 Å². The lowest BCUT2D eigenvalue weighted by atomic mass is 10.4. The Morgan fingerprint density at radius 1 is 1.55 bits per heavy atom. The van der Waals surface area contributed by atoms with Crippen molar-refractivity contribution < 1.29 is 9.42 Å². The zero-order valence-corrected chi connectivity index (χ0v) is 7.59. The van der Waals surface area contributed by atoms with Gasteiger partial charge in [0.15, 0.2) is 0 Å². The fourth-order valence-electron chi connectivity index (χ4n) is 1.21. The average molecular weight is 155 g/mol. The number of aryl methyl sites for hydroxylation is 2. The van der Waals surface area contributed by atoms with Gasteiger partial charge in [0.2, 0.25) is 5.69 Å². The summed E-state index contributed by atoms with van der Waals surface area (Å²) in [4.78, 5) is 0. The van der Waals surface area contributed by atoms with Crippen molar-refractivity contribution in [1.82, 2.24) is 4.68 Å². The summed E-state index contributed by atoms with van der Waals surface area (Å²) in [6.07, 6.45) is 0. The molecule has 0 bridgehead atoms. The first-order valence-electron chi connectivity index (χ1n) is 3.68. The van der Waals surface area contributed by atoms with E-state index in [1.54, 1.807) is 7.11 Å². The maximum atomic E-state index is 5.04. The van der Waals surface area contributed by atoms with Gasteiger partial charge in [0.25, 0.3) is 6.73 Å². The van der Waals surface area contributed by atoms with Gasteiger partial charge in [0, 0.05) is 20.1 Å². The zero-order chi connectivity index (χ0) is 8.43. The Bertz CT molecular complexity index is 253. The van der Waals surface area contributed by atoms with Crippen molar-refractivity contribution in [2.24, 2.45) is 7.05 Å². The van der Waals surface area contributed by atoms with Crippen LogP contribution in [0.2, 0.25) is 0 Å². The van der Waals surface area contributed by atoms with Crippen LogP contribution in [0.25, 0.3) is 0 Å². The Balaban J connectivity index is 3.02. The van der Waals surface area contributed by atoms with Gasteiger partial charge in [-0.15, -0.1) is 0 Å². The highest BCUT2D eigenvalue weighted by Gasteiger charge is 2.12. The van der Waals surface area contributed by atoms with Crippen LogP contribution in [0.5, 0.6) is 0 Å². The van der Waals surface area contributed by atoms with E-state index in [-0.39, 0.29) is 0 Å². The van der Waals surface area contributed by atoms with E-state index in [9.17, 15) is 0 Å². The lowest BCUT2D eigenvalue weighted by Gasteiger charge is -1.97. The molecule has 62 valence electrons. The largest absolute Gasteiger partial charge is 0.325 e. The number of hydrogen-bond acceptors (Lipinski definition) is 1. The van der Waals surface area contributed by atoms with Gasteiger partial charge >= 0.3 is 0 Å². The van der Waals surface area contributed by atoms with Crippen LogP contribution in [0.3, 0.4) is 0 Å². The van der Waals surface area contributed by atoms with Gasteiger partial charge in [-0.2, -0.15) is 4.68 Å². The molecule has 1 heterocycles. The van der Waals surface area contributed by atoms with Gasteiger partial charge in [-0.25, -0.2) is 0 Å². The fraction of sp³-hybridized carbons (Fsp3) is 0.625. The van der Waals surface area contributed by atoms with E-state index in [0.29, 0.717) is 6.73 Å². The smallest absolute Gasteiger partial charge is 0.276 e. The summed E-state index contributed by atoms with van der Waals surface area (Å²) in [7, 11) is 3.73. The maximum Gasteiger partial charge on any atom is 0.276 e. The summed E-state index contributed by atoms with van der Waals surface area (Å²) in [6, 6.07) is 2.14. The van der Waals surface area contributed by atoms with Gasteiger partial charge in [-0.3, -0.25) is 0 Å². The van der Waals surface area contributed by atoms with Crippen LogP contribution in [0.4, 0.5) is 0 Å². The first-order valence-corrected chi connectivity index (χ1v) is 3.68. The molecule has 3 nitrogen and oxygen atoms in total. The Morgan fingerprint density at radius 3 is 2.55 bits per heavy atom. The fourth-order valence-corrected chi connectivity index (χ4v) is 1.21. The second-order valence-electron chi connectivity index (χ2n) is 2.77. The summed E-state index contributed by atoms with van der Waals surface area (Å²) < 4.78 is 9.21. The van der Waals surface area contributed by atoms with E-state index in [0.717, 1.165) is 0 Å². The van der Waals surface area contributed by atoms with Crippen LogP contribution in [0.1, 0.15) is 11.4 Å². The predicted molar refractivity (Wildman–Crippen MR) is 42.1 cm³/mol. The third kappa shape index (κ3) is 1.43. The van der Waals surface area contributed by atoms with Crippen molar-refractivity contribution in [3.63, 3.8) is 0 Å². The van der Waals surface area contributed by atoms with E-state index in [2.05, 4.69) is 29.3 Å². The van der Waals surface area contributed by atoms with E-state index < -0.39 is 0 Å². The number of rotatable bonds is 2. The number of hydrogen-bond donors (Lipinski definition) is 0. The summed E-state index contributed by atoms with van der Waals surface area (Å²) in [6.45, 7) is 4.78. The summed E-state index contributed by atoms with van der Waals surface area (Å²) in [5.74, 6) is 0. The monoisotopic (exact) mass is 155 g/mol. The molecule has 0 saturated heterocycles. The molecule has 3 heteroatoms. The predicted octanol–water partition coefficient (Wildman–Crippen LogP) is 0.533. The standard InChI is InChI=1S/C8H15N2O/c1-7-5-8(2)10(6-11-4)9(7)3/h5H,6H2,1-4H3/q+1. The number of methoxy groups -OCH3 is 1. The highest BCUT2D eigenvalue weighted by Crippen LogP contribution is 1.96. The highest BCUT2D eigenvalue weighted by atomic mass is 16.5. The molecule has 11 heavy (non-hydrogen) atoms. The molecule has 0 atom stereocenters. The maximum absolute atomic E-state index is 5.04. The summed E-state index contributed by atoms with van der Waals surface area (Å²) >= 11 is 0. The Morgan fingerprint density at radius 2 is 2.18 bits per heavy atom. The average Bonchev–Trinajstić information content (AvgIpc) is 2.17. The van der Waals surface area contributed by atoms with Crippen molar-refractivity contribution >= 4 is 0 Å². The quantitative estimate of drug-likeness (QED) is 0.570. The molecular weight excluding hydrogens is 140 g/mol. The molecule has 0 aliphatic rings. The molecule has 1 aromatic heterocycles. The minimum Gasteiger partial charge on any atom is -0.325 e. The first-order chi connectivity index (χ1) is 5.16. The summed E-state index contributed by atoms with van der Waals surface area (Å²) in [5.41, 5.74) is 2.48. The molecule has 0 amide bonds. The Labute approximate surface area is 67.2 Å². The van der Waals surface area contributed by atoms with Gasteiger partial charge in [0.05, 0.1) is 12.7 Å². The molecule has 0 spiro atoms. The second-order valence-corrected chi connectivity index (χ2v) is 2.77. The van der Waals surface area contributed by atoms with Crippen LogP contribution in [-0.2, 0) is 18.5 Å². The second kappa shape index (κ2) is 3.05. The van der Waals surface area contributed by atoms with E-state index >= 15 is 0 Å². The lowest BCUT2D eigenvalue weighted by Crippen LogP contribution is -2.45. The lowest BCUT2D eigenvalue weighted by molar-refractivity contribution is -0.806.